The van der Waals surface area contributed by atoms with Crippen LogP contribution in [-0.4, -0.2) is 15.6 Å². The van der Waals surface area contributed by atoms with Crippen molar-refractivity contribution >= 4 is 17.6 Å². The van der Waals surface area contributed by atoms with Crippen molar-refractivity contribution in [3.63, 3.8) is 0 Å². The Hall–Kier alpha value is -1.29. The molecule has 4 nitrogen and oxygen atoms in total. The number of halogens is 1. The quantitative estimate of drug-likeness (QED) is 0.706. The van der Waals surface area contributed by atoms with Crippen molar-refractivity contribution in [2.75, 3.05) is 0 Å². The molecule has 0 amide bonds. The van der Waals surface area contributed by atoms with Crippen molar-refractivity contribution in [2.24, 2.45) is 7.05 Å². The van der Waals surface area contributed by atoms with Gasteiger partial charge in [0.2, 0.25) is 0 Å². The van der Waals surface area contributed by atoms with Crippen LogP contribution in [0, 0.1) is 0 Å². The minimum Gasteiger partial charge on any atom is -0.477 e. The molecule has 0 aliphatic rings. The lowest BCUT2D eigenvalue weighted by Gasteiger charge is -2.02. The van der Waals surface area contributed by atoms with Crippen LogP contribution in [0.15, 0.2) is 16.9 Å². The Kier molecular flexibility index (Phi) is 2.19. The summed E-state index contributed by atoms with van der Waals surface area (Å²) in [6, 6.07) is 2.55. The number of nitrogens with zero attached hydrogens (tertiary/aromatic N) is 1. The van der Waals surface area contributed by atoms with Gasteiger partial charge in [0.05, 0.1) is 0 Å². The van der Waals surface area contributed by atoms with Gasteiger partial charge in [-0.05, 0) is 12.1 Å². The van der Waals surface area contributed by atoms with Crippen molar-refractivity contribution in [1.82, 2.24) is 4.57 Å². The molecule has 5 heteroatoms. The van der Waals surface area contributed by atoms with Crippen LogP contribution in [0.1, 0.15) is 10.5 Å². The number of rotatable bonds is 1. The smallest absolute Gasteiger partial charge is 0.352 e. The number of pyridine rings is 1. The SMILES string of the molecule is Cn1c(C(=O)O)ccc(Cl)c1=O. The van der Waals surface area contributed by atoms with Crippen LogP contribution < -0.4 is 5.56 Å². The first kappa shape index (κ1) is 8.80. The molecule has 0 bridgehead atoms. The van der Waals surface area contributed by atoms with E-state index in [1.807, 2.05) is 0 Å². The molecule has 1 aromatic heterocycles. The summed E-state index contributed by atoms with van der Waals surface area (Å²) in [5.74, 6) is -1.15. The Balaban J connectivity index is 3.47. The number of carboxylic acids is 1. The predicted octanol–water partition coefficient (Wildman–Crippen LogP) is 0.737. The maximum Gasteiger partial charge on any atom is 0.352 e. The van der Waals surface area contributed by atoms with E-state index in [-0.39, 0.29) is 10.7 Å². The average molecular weight is 188 g/mol. The largest absolute Gasteiger partial charge is 0.477 e. The lowest BCUT2D eigenvalue weighted by Crippen LogP contribution is -2.22. The van der Waals surface area contributed by atoms with E-state index in [4.69, 9.17) is 16.7 Å². The van der Waals surface area contributed by atoms with E-state index in [0.717, 1.165) is 4.57 Å². The number of hydrogen-bond donors (Lipinski definition) is 1. The number of hydrogen-bond acceptors (Lipinski definition) is 2. The van der Waals surface area contributed by atoms with Crippen LogP contribution in [0.2, 0.25) is 5.02 Å². The highest BCUT2D eigenvalue weighted by Crippen LogP contribution is 2.02. The second-order valence-corrected chi connectivity index (χ2v) is 2.64. The monoisotopic (exact) mass is 187 g/mol. The summed E-state index contributed by atoms with van der Waals surface area (Å²) in [7, 11) is 1.36. The lowest BCUT2D eigenvalue weighted by atomic mass is 10.3. The lowest BCUT2D eigenvalue weighted by molar-refractivity contribution is 0.0685. The van der Waals surface area contributed by atoms with E-state index >= 15 is 0 Å². The van der Waals surface area contributed by atoms with Gasteiger partial charge >= 0.3 is 5.97 Å². The molecular weight excluding hydrogens is 182 g/mol. The number of aromatic nitrogens is 1. The third kappa shape index (κ3) is 1.33. The van der Waals surface area contributed by atoms with Gasteiger partial charge < -0.3 is 9.67 Å². The molecule has 1 rings (SSSR count). The van der Waals surface area contributed by atoms with Gasteiger partial charge in [-0.15, -0.1) is 0 Å². The molecule has 0 saturated carbocycles. The molecule has 0 atom stereocenters. The van der Waals surface area contributed by atoms with E-state index < -0.39 is 11.5 Å². The standard InChI is InChI=1S/C7H6ClNO3/c1-9-5(7(11)12)3-2-4(8)6(9)10/h2-3H,1H3,(H,11,12). The van der Waals surface area contributed by atoms with Gasteiger partial charge in [0.15, 0.2) is 0 Å². The molecule has 64 valence electrons. The van der Waals surface area contributed by atoms with Gasteiger partial charge in [-0.2, -0.15) is 0 Å². The zero-order valence-electron chi connectivity index (χ0n) is 6.24. The zero-order chi connectivity index (χ0) is 9.30. The molecule has 1 aromatic rings. The highest BCUT2D eigenvalue weighted by atomic mass is 35.5. The Morgan fingerprint density at radius 2 is 2.17 bits per heavy atom. The minimum atomic E-state index is -1.15. The molecule has 0 aliphatic heterocycles. The van der Waals surface area contributed by atoms with E-state index in [1.54, 1.807) is 0 Å². The molecule has 1 heterocycles. The van der Waals surface area contributed by atoms with E-state index in [0.29, 0.717) is 0 Å². The zero-order valence-corrected chi connectivity index (χ0v) is 7.00. The molecular formula is C7H6ClNO3. The molecule has 12 heavy (non-hydrogen) atoms. The van der Waals surface area contributed by atoms with Gasteiger partial charge in [-0.3, -0.25) is 4.79 Å². The summed E-state index contributed by atoms with van der Waals surface area (Å²) in [6.07, 6.45) is 0. The molecule has 0 fully saturated rings. The molecule has 1 N–H and O–H groups in total. The first-order valence-electron chi connectivity index (χ1n) is 3.13. The first-order chi connectivity index (χ1) is 5.54. The summed E-state index contributed by atoms with van der Waals surface area (Å²) in [5.41, 5.74) is -0.582. The molecule has 0 aromatic carbocycles. The third-order valence-electron chi connectivity index (χ3n) is 1.48. The molecule has 0 radical (unpaired) electrons. The van der Waals surface area contributed by atoms with E-state index in [2.05, 4.69) is 0 Å². The van der Waals surface area contributed by atoms with Crippen molar-refractivity contribution < 1.29 is 9.90 Å². The van der Waals surface area contributed by atoms with Crippen molar-refractivity contribution in [1.29, 1.82) is 0 Å². The fourth-order valence-electron chi connectivity index (χ4n) is 0.820. The van der Waals surface area contributed by atoms with Crippen LogP contribution in [0.4, 0.5) is 0 Å². The second-order valence-electron chi connectivity index (χ2n) is 2.24. The predicted molar refractivity (Wildman–Crippen MR) is 43.7 cm³/mol. The van der Waals surface area contributed by atoms with Gasteiger partial charge in [-0.1, -0.05) is 11.6 Å². The Morgan fingerprint density at radius 3 is 2.67 bits per heavy atom. The highest BCUT2D eigenvalue weighted by Gasteiger charge is 2.08. The summed E-state index contributed by atoms with van der Waals surface area (Å²) >= 11 is 5.46. The Bertz CT molecular complexity index is 383. The normalized spacial score (nSPS) is 9.83. The van der Waals surface area contributed by atoms with Crippen LogP contribution >= 0.6 is 11.6 Å². The highest BCUT2D eigenvalue weighted by molar-refractivity contribution is 6.30. The first-order valence-corrected chi connectivity index (χ1v) is 3.50. The number of carboxylic acid groups (broad SMARTS) is 1. The number of aromatic carboxylic acids is 1. The number of carbonyl (C=O) groups is 1. The summed E-state index contributed by atoms with van der Waals surface area (Å²) in [6.45, 7) is 0. The average Bonchev–Trinajstić information content (AvgIpc) is 2.00. The van der Waals surface area contributed by atoms with Gasteiger partial charge in [0.1, 0.15) is 10.7 Å². The van der Waals surface area contributed by atoms with Crippen LogP contribution in [0.25, 0.3) is 0 Å². The minimum absolute atomic E-state index is 0.0162. The van der Waals surface area contributed by atoms with Crippen molar-refractivity contribution in [3.8, 4) is 0 Å². The fourth-order valence-corrected chi connectivity index (χ4v) is 1.01. The van der Waals surface area contributed by atoms with Crippen LogP contribution in [0.3, 0.4) is 0 Å². The maximum atomic E-state index is 11.1. The second kappa shape index (κ2) is 2.98. The molecule has 0 spiro atoms. The topological polar surface area (TPSA) is 59.3 Å². The summed E-state index contributed by atoms with van der Waals surface area (Å²) < 4.78 is 0.991. The summed E-state index contributed by atoms with van der Waals surface area (Å²) in [4.78, 5) is 21.5. The Morgan fingerprint density at radius 1 is 1.58 bits per heavy atom. The van der Waals surface area contributed by atoms with Crippen LogP contribution in [-0.2, 0) is 7.05 Å². The third-order valence-corrected chi connectivity index (χ3v) is 1.76. The van der Waals surface area contributed by atoms with Crippen LogP contribution in [0.5, 0.6) is 0 Å². The molecule has 0 aliphatic carbocycles. The van der Waals surface area contributed by atoms with E-state index in [9.17, 15) is 9.59 Å². The van der Waals surface area contributed by atoms with Gasteiger partial charge in [-0.25, -0.2) is 4.79 Å². The Labute approximate surface area is 73.0 Å². The molecule has 0 unspecified atom stereocenters. The summed E-state index contributed by atoms with van der Waals surface area (Å²) in [5, 5.41) is 8.59. The van der Waals surface area contributed by atoms with Crippen molar-refractivity contribution in [2.45, 2.75) is 0 Å². The van der Waals surface area contributed by atoms with Gasteiger partial charge in [0.25, 0.3) is 5.56 Å². The van der Waals surface area contributed by atoms with Gasteiger partial charge in [0, 0.05) is 7.05 Å². The fraction of sp³-hybridized carbons (Fsp3) is 0.143. The molecule has 0 saturated heterocycles. The van der Waals surface area contributed by atoms with Crippen molar-refractivity contribution in [3.05, 3.63) is 33.2 Å². The maximum absolute atomic E-state index is 11.1. The van der Waals surface area contributed by atoms with E-state index in [1.165, 1.54) is 19.2 Å².